The zero-order chi connectivity index (χ0) is 16.1. The molecule has 0 spiro atoms. The molecule has 22 heavy (non-hydrogen) atoms. The van der Waals surface area contributed by atoms with Crippen LogP contribution in [0.1, 0.15) is 27.4 Å². The Morgan fingerprint density at radius 1 is 1.27 bits per heavy atom. The average Bonchev–Trinajstić information content (AvgIpc) is 2.83. The zero-order valence-corrected chi connectivity index (χ0v) is 13.6. The number of nitrogens with zero attached hydrogens (tertiary/aromatic N) is 2. The smallest absolute Gasteiger partial charge is 0.256 e. The summed E-state index contributed by atoms with van der Waals surface area (Å²) in [7, 11) is 4.05. The Labute approximate surface area is 131 Å². The molecule has 0 saturated heterocycles. The molecule has 1 atom stereocenters. The first-order valence-electron chi connectivity index (χ1n) is 7.40. The van der Waals surface area contributed by atoms with Crippen LogP contribution in [0.2, 0.25) is 0 Å². The van der Waals surface area contributed by atoms with Crippen LogP contribution in [-0.2, 0) is 6.42 Å². The van der Waals surface area contributed by atoms with Gasteiger partial charge in [-0.2, -0.15) is 0 Å². The molecule has 1 unspecified atom stereocenters. The molecule has 0 bridgehead atoms. The SMILES string of the molecule is Cc1noc(C)c1C(=O)NCC(Cc1ccccc1)N(C)C. The number of nitrogens with one attached hydrogen (secondary N) is 1. The minimum Gasteiger partial charge on any atom is -0.361 e. The third-order valence-corrected chi connectivity index (χ3v) is 3.80. The highest BCUT2D eigenvalue weighted by Gasteiger charge is 2.19. The van der Waals surface area contributed by atoms with Crippen LogP contribution in [-0.4, -0.2) is 42.6 Å². The first kappa shape index (κ1) is 16.2. The second-order valence-corrected chi connectivity index (χ2v) is 5.72. The van der Waals surface area contributed by atoms with Crippen molar-refractivity contribution < 1.29 is 9.32 Å². The van der Waals surface area contributed by atoms with Gasteiger partial charge in [-0.05, 0) is 39.9 Å². The molecule has 0 radical (unpaired) electrons. The molecule has 1 aromatic carbocycles. The summed E-state index contributed by atoms with van der Waals surface area (Å²) < 4.78 is 5.05. The van der Waals surface area contributed by atoms with Gasteiger partial charge in [-0.1, -0.05) is 35.5 Å². The van der Waals surface area contributed by atoms with Crippen molar-refractivity contribution in [2.45, 2.75) is 26.3 Å². The largest absolute Gasteiger partial charge is 0.361 e. The lowest BCUT2D eigenvalue weighted by Gasteiger charge is -2.24. The summed E-state index contributed by atoms with van der Waals surface area (Å²) in [5, 5.41) is 6.81. The fourth-order valence-corrected chi connectivity index (χ4v) is 2.43. The van der Waals surface area contributed by atoms with Crippen LogP contribution in [0, 0.1) is 13.8 Å². The van der Waals surface area contributed by atoms with Gasteiger partial charge in [0.1, 0.15) is 11.3 Å². The summed E-state index contributed by atoms with van der Waals surface area (Å²) in [4.78, 5) is 14.4. The van der Waals surface area contributed by atoms with Crippen molar-refractivity contribution >= 4 is 5.91 Å². The van der Waals surface area contributed by atoms with Crippen molar-refractivity contribution in [3.63, 3.8) is 0 Å². The van der Waals surface area contributed by atoms with Gasteiger partial charge in [0.25, 0.3) is 5.91 Å². The molecule has 0 aliphatic heterocycles. The van der Waals surface area contributed by atoms with Gasteiger partial charge in [0.05, 0.1) is 5.69 Å². The Balaban J connectivity index is 1.99. The number of amides is 1. The van der Waals surface area contributed by atoms with Gasteiger partial charge in [-0.25, -0.2) is 0 Å². The summed E-state index contributed by atoms with van der Waals surface area (Å²) in [6.45, 7) is 4.10. The van der Waals surface area contributed by atoms with Gasteiger partial charge in [-0.15, -0.1) is 0 Å². The van der Waals surface area contributed by atoms with E-state index in [0.717, 1.165) is 6.42 Å². The van der Waals surface area contributed by atoms with Crippen molar-refractivity contribution in [3.05, 3.63) is 52.9 Å². The minimum atomic E-state index is -0.129. The average molecular weight is 301 g/mol. The minimum absolute atomic E-state index is 0.129. The highest BCUT2D eigenvalue weighted by atomic mass is 16.5. The van der Waals surface area contributed by atoms with Crippen LogP contribution in [0.4, 0.5) is 0 Å². The van der Waals surface area contributed by atoms with Crippen LogP contribution in [0.5, 0.6) is 0 Å². The molecule has 5 nitrogen and oxygen atoms in total. The molecule has 1 N–H and O–H groups in total. The van der Waals surface area contributed by atoms with E-state index in [1.807, 2.05) is 32.3 Å². The molecule has 1 amide bonds. The molecule has 0 saturated carbocycles. The molecule has 5 heteroatoms. The monoisotopic (exact) mass is 301 g/mol. The van der Waals surface area contributed by atoms with E-state index < -0.39 is 0 Å². The van der Waals surface area contributed by atoms with Crippen LogP contribution < -0.4 is 5.32 Å². The molecule has 1 aromatic heterocycles. The molecule has 2 aromatic rings. The van der Waals surface area contributed by atoms with E-state index >= 15 is 0 Å². The van der Waals surface area contributed by atoms with Crippen molar-refractivity contribution in [2.24, 2.45) is 0 Å². The summed E-state index contributed by atoms with van der Waals surface area (Å²) in [6, 6.07) is 10.5. The maximum atomic E-state index is 12.3. The molecule has 0 aliphatic rings. The van der Waals surface area contributed by atoms with E-state index in [0.29, 0.717) is 23.6 Å². The van der Waals surface area contributed by atoms with Crippen molar-refractivity contribution in [2.75, 3.05) is 20.6 Å². The number of rotatable bonds is 6. The lowest BCUT2D eigenvalue weighted by Crippen LogP contribution is -2.41. The molecule has 118 valence electrons. The zero-order valence-electron chi connectivity index (χ0n) is 13.6. The number of aryl methyl sites for hydroxylation is 2. The van der Waals surface area contributed by atoms with Crippen molar-refractivity contribution in [3.8, 4) is 0 Å². The van der Waals surface area contributed by atoms with Crippen LogP contribution in [0.3, 0.4) is 0 Å². The maximum Gasteiger partial charge on any atom is 0.256 e. The maximum absolute atomic E-state index is 12.3. The number of carbonyl (C=O) groups excluding carboxylic acids is 1. The molecule has 1 heterocycles. The Morgan fingerprint density at radius 2 is 1.95 bits per heavy atom. The van der Waals surface area contributed by atoms with E-state index in [1.165, 1.54) is 5.56 Å². The lowest BCUT2D eigenvalue weighted by atomic mass is 10.0. The van der Waals surface area contributed by atoms with Gasteiger partial charge in [-0.3, -0.25) is 4.79 Å². The quantitative estimate of drug-likeness (QED) is 0.888. The molecular formula is C17H23N3O2. The standard InChI is InChI=1S/C17H23N3O2/c1-12-16(13(2)22-19-12)17(21)18-11-15(20(3)4)10-14-8-6-5-7-9-14/h5-9,15H,10-11H2,1-4H3,(H,18,21). The van der Waals surface area contributed by atoms with Crippen LogP contribution in [0.15, 0.2) is 34.9 Å². The fraction of sp³-hybridized carbons (Fsp3) is 0.412. The first-order chi connectivity index (χ1) is 10.5. The predicted molar refractivity (Wildman–Crippen MR) is 85.9 cm³/mol. The second-order valence-electron chi connectivity index (χ2n) is 5.72. The Bertz CT molecular complexity index is 601. The highest BCUT2D eigenvalue weighted by Crippen LogP contribution is 2.12. The van der Waals surface area contributed by atoms with Crippen LogP contribution >= 0.6 is 0 Å². The van der Waals surface area contributed by atoms with E-state index in [4.69, 9.17) is 4.52 Å². The van der Waals surface area contributed by atoms with Gasteiger partial charge >= 0.3 is 0 Å². The first-order valence-corrected chi connectivity index (χ1v) is 7.40. The van der Waals surface area contributed by atoms with E-state index in [1.54, 1.807) is 13.8 Å². The Hall–Kier alpha value is -2.14. The van der Waals surface area contributed by atoms with E-state index in [9.17, 15) is 4.79 Å². The number of aromatic nitrogens is 1. The van der Waals surface area contributed by atoms with Crippen molar-refractivity contribution in [1.29, 1.82) is 0 Å². The van der Waals surface area contributed by atoms with E-state index in [-0.39, 0.29) is 11.9 Å². The molecule has 0 fully saturated rings. The number of hydrogen-bond donors (Lipinski definition) is 1. The summed E-state index contributed by atoms with van der Waals surface area (Å²) in [6.07, 6.45) is 0.885. The van der Waals surface area contributed by atoms with E-state index in [2.05, 4.69) is 27.5 Å². The fourth-order valence-electron chi connectivity index (χ4n) is 2.43. The van der Waals surface area contributed by atoms with Crippen molar-refractivity contribution in [1.82, 2.24) is 15.4 Å². The predicted octanol–water partition coefficient (Wildman–Crippen LogP) is 2.19. The highest BCUT2D eigenvalue weighted by molar-refractivity contribution is 5.96. The molecular weight excluding hydrogens is 278 g/mol. The Kier molecular flexibility index (Phi) is 5.33. The van der Waals surface area contributed by atoms with Gasteiger partial charge in [0, 0.05) is 12.6 Å². The topological polar surface area (TPSA) is 58.4 Å². The number of carbonyl (C=O) groups is 1. The third kappa shape index (κ3) is 3.95. The second kappa shape index (κ2) is 7.22. The Morgan fingerprint density at radius 3 is 2.50 bits per heavy atom. The summed E-state index contributed by atoms with van der Waals surface area (Å²) in [5.41, 5.74) is 2.42. The third-order valence-electron chi connectivity index (χ3n) is 3.80. The normalized spacial score (nSPS) is 12.4. The summed E-state index contributed by atoms with van der Waals surface area (Å²) >= 11 is 0. The summed E-state index contributed by atoms with van der Waals surface area (Å²) in [5.74, 6) is 0.427. The van der Waals surface area contributed by atoms with Gasteiger partial charge in [0.15, 0.2) is 0 Å². The number of benzene rings is 1. The van der Waals surface area contributed by atoms with Gasteiger partial charge in [0.2, 0.25) is 0 Å². The number of likely N-dealkylation sites (N-methyl/N-ethyl adjacent to an activating group) is 1. The lowest BCUT2D eigenvalue weighted by molar-refractivity contribution is 0.0939. The molecule has 0 aliphatic carbocycles. The van der Waals surface area contributed by atoms with Gasteiger partial charge < -0.3 is 14.7 Å². The van der Waals surface area contributed by atoms with Crippen LogP contribution in [0.25, 0.3) is 0 Å². The number of hydrogen-bond acceptors (Lipinski definition) is 4. The molecule has 2 rings (SSSR count).